The first kappa shape index (κ1) is 20.0. The van der Waals surface area contributed by atoms with E-state index in [0.717, 1.165) is 55.1 Å². The normalized spacial score (nSPS) is 19.3. The fourth-order valence-corrected chi connectivity index (χ4v) is 4.69. The van der Waals surface area contributed by atoms with Crippen molar-refractivity contribution in [2.24, 2.45) is 0 Å². The lowest BCUT2D eigenvalue weighted by molar-refractivity contribution is -0.128. The molecule has 2 aromatic heterocycles. The lowest BCUT2D eigenvalue weighted by Gasteiger charge is -2.40. The van der Waals surface area contributed by atoms with Gasteiger partial charge in [-0.25, -0.2) is 4.98 Å². The van der Waals surface area contributed by atoms with Gasteiger partial charge < -0.3 is 19.2 Å². The number of pyridine rings is 1. The quantitative estimate of drug-likeness (QED) is 0.703. The minimum atomic E-state index is -0.310. The van der Waals surface area contributed by atoms with Crippen LogP contribution in [0.5, 0.6) is 5.75 Å². The molecule has 2 aliphatic heterocycles. The van der Waals surface area contributed by atoms with Crippen molar-refractivity contribution in [2.75, 3.05) is 33.4 Å². The van der Waals surface area contributed by atoms with Crippen molar-refractivity contribution in [3.8, 4) is 17.0 Å². The van der Waals surface area contributed by atoms with E-state index in [1.807, 2.05) is 30.3 Å². The molecular formula is C24H28N4O3. The van der Waals surface area contributed by atoms with Gasteiger partial charge in [0.15, 0.2) is 0 Å². The second-order valence-electron chi connectivity index (χ2n) is 8.40. The summed E-state index contributed by atoms with van der Waals surface area (Å²) in [6, 6.07) is 14.2. The Morgan fingerprint density at radius 3 is 2.74 bits per heavy atom. The predicted octanol–water partition coefficient (Wildman–Crippen LogP) is 2.88. The Labute approximate surface area is 182 Å². The van der Waals surface area contributed by atoms with Gasteiger partial charge in [0.05, 0.1) is 37.1 Å². The highest BCUT2D eigenvalue weighted by Gasteiger charge is 2.39. The summed E-state index contributed by atoms with van der Waals surface area (Å²) in [5.74, 6) is 0.942. The van der Waals surface area contributed by atoms with Gasteiger partial charge in [0.2, 0.25) is 5.91 Å². The molecule has 5 rings (SSSR count). The highest BCUT2D eigenvalue weighted by molar-refractivity contribution is 5.77. The molecule has 0 saturated carbocycles. The Morgan fingerprint density at radius 2 is 1.97 bits per heavy atom. The van der Waals surface area contributed by atoms with Crippen molar-refractivity contribution < 1.29 is 14.3 Å². The van der Waals surface area contributed by atoms with Crippen LogP contribution in [0.3, 0.4) is 0 Å². The van der Waals surface area contributed by atoms with Gasteiger partial charge in [-0.3, -0.25) is 9.69 Å². The second kappa shape index (κ2) is 8.32. The molecule has 0 radical (unpaired) electrons. The number of aromatic nitrogens is 2. The zero-order valence-electron chi connectivity index (χ0n) is 17.8. The summed E-state index contributed by atoms with van der Waals surface area (Å²) in [4.78, 5) is 19.4. The minimum Gasteiger partial charge on any atom is -0.497 e. The number of ether oxygens (including phenoxy) is 2. The molecule has 1 aromatic carbocycles. The van der Waals surface area contributed by atoms with Crippen LogP contribution in [-0.4, -0.2) is 59.1 Å². The molecule has 3 aromatic rings. The molecule has 0 unspecified atom stereocenters. The monoisotopic (exact) mass is 420 g/mol. The van der Waals surface area contributed by atoms with Crippen LogP contribution in [0.1, 0.15) is 25.0 Å². The zero-order chi connectivity index (χ0) is 21.3. The maximum atomic E-state index is 12.1. The van der Waals surface area contributed by atoms with Crippen molar-refractivity contribution in [1.29, 1.82) is 0 Å². The first-order chi connectivity index (χ1) is 15.2. The Kier molecular flexibility index (Phi) is 5.38. The fourth-order valence-electron chi connectivity index (χ4n) is 4.69. The van der Waals surface area contributed by atoms with E-state index in [9.17, 15) is 4.79 Å². The molecule has 1 N–H and O–H groups in total. The van der Waals surface area contributed by atoms with Gasteiger partial charge in [0.1, 0.15) is 11.4 Å². The van der Waals surface area contributed by atoms with Crippen molar-refractivity contribution in [3.63, 3.8) is 0 Å². The van der Waals surface area contributed by atoms with Gasteiger partial charge in [-0.15, -0.1) is 0 Å². The van der Waals surface area contributed by atoms with Crippen molar-refractivity contribution in [1.82, 2.24) is 19.6 Å². The summed E-state index contributed by atoms with van der Waals surface area (Å²) >= 11 is 0. The number of amides is 1. The third kappa shape index (κ3) is 4.03. The number of methoxy groups -OCH3 is 1. The topological polar surface area (TPSA) is 68.1 Å². The van der Waals surface area contributed by atoms with Gasteiger partial charge in [-0.2, -0.15) is 0 Å². The number of rotatable bonds is 4. The Balaban J connectivity index is 1.39. The molecule has 4 heterocycles. The average molecular weight is 421 g/mol. The van der Waals surface area contributed by atoms with E-state index in [1.165, 1.54) is 5.69 Å². The maximum Gasteiger partial charge on any atom is 0.222 e. The molecular weight excluding hydrogens is 392 g/mol. The summed E-state index contributed by atoms with van der Waals surface area (Å²) in [6.45, 7) is 3.80. The number of piperidine rings is 1. The van der Waals surface area contributed by atoms with Crippen LogP contribution in [0, 0.1) is 0 Å². The van der Waals surface area contributed by atoms with E-state index in [1.54, 1.807) is 7.11 Å². The summed E-state index contributed by atoms with van der Waals surface area (Å²) in [6.07, 6.45) is 4.28. The minimum absolute atomic E-state index is 0.106. The van der Waals surface area contributed by atoms with Gasteiger partial charge in [-0.05, 0) is 49.2 Å². The Bertz CT molecular complexity index is 1070. The predicted molar refractivity (Wildman–Crippen MR) is 118 cm³/mol. The molecule has 0 bridgehead atoms. The number of imidazole rings is 1. The number of fused-ring (bicyclic) bond motifs is 1. The number of benzene rings is 1. The number of hydrogen-bond acceptors (Lipinski definition) is 5. The van der Waals surface area contributed by atoms with Crippen LogP contribution in [0.15, 0.2) is 48.7 Å². The molecule has 0 atom stereocenters. The van der Waals surface area contributed by atoms with Gasteiger partial charge >= 0.3 is 0 Å². The van der Waals surface area contributed by atoms with E-state index in [2.05, 4.69) is 32.9 Å². The van der Waals surface area contributed by atoms with Gasteiger partial charge in [0.25, 0.3) is 0 Å². The number of nitrogens with zero attached hydrogens (tertiary/aromatic N) is 3. The molecule has 2 fully saturated rings. The Hall–Kier alpha value is -2.90. The van der Waals surface area contributed by atoms with E-state index in [4.69, 9.17) is 14.5 Å². The first-order valence-electron chi connectivity index (χ1n) is 10.9. The van der Waals surface area contributed by atoms with Crippen LogP contribution >= 0.6 is 0 Å². The van der Waals surface area contributed by atoms with Crippen molar-refractivity contribution in [2.45, 2.75) is 31.4 Å². The SMILES string of the molecule is COc1ccc(-c2nc3ccccn3c2CN2CCC3(CC2)CC(=O)NCCO3)cc1. The molecule has 1 amide bonds. The van der Waals surface area contributed by atoms with Gasteiger partial charge in [0, 0.05) is 37.9 Å². The Morgan fingerprint density at radius 1 is 1.16 bits per heavy atom. The zero-order valence-corrected chi connectivity index (χ0v) is 17.8. The second-order valence-corrected chi connectivity index (χ2v) is 8.40. The molecule has 2 saturated heterocycles. The molecule has 2 aliphatic rings. The average Bonchev–Trinajstić information content (AvgIpc) is 3.06. The third-order valence-corrected chi connectivity index (χ3v) is 6.45. The summed E-state index contributed by atoms with van der Waals surface area (Å²) < 4.78 is 13.6. The number of carbonyl (C=O) groups excluding carboxylic acids is 1. The molecule has 7 heteroatoms. The largest absolute Gasteiger partial charge is 0.497 e. The number of hydrogen-bond donors (Lipinski definition) is 1. The fraction of sp³-hybridized carbons (Fsp3) is 0.417. The maximum absolute atomic E-state index is 12.1. The number of nitrogens with one attached hydrogen (secondary N) is 1. The summed E-state index contributed by atoms with van der Waals surface area (Å²) in [5.41, 5.74) is 3.89. The number of carbonyl (C=O) groups is 1. The smallest absolute Gasteiger partial charge is 0.222 e. The molecule has 1 spiro atoms. The van der Waals surface area contributed by atoms with E-state index in [0.29, 0.717) is 19.6 Å². The molecule has 31 heavy (non-hydrogen) atoms. The summed E-state index contributed by atoms with van der Waals surface area (Å²) in [7, 11) is 1.68. The van der Waals surface area contributed by atoms with Crippen molar-refractivity contribution in [3.05, 3.63) is 54.4 Å². The van der Waals surface area contributed by atoms with Crippen LogP contribution in [0.25, 0.3) is 16.9 Å². The summed E-state index contributed by atoms with van der Waals surface area (Å²) in [5, 5.41) is 2.92. The van der Waals surface area contributed by atoms with Crippen LogP contribution < -0.4 is 10.1 Å². The highest BCUT2D eigenvalue weighted by atomic mass is 16.5. The van der Waals surface area contributed by atoms with E-state index >= 15 is 0 Å². The first-order valence-corrected chi connectivity index (χ1v) is 10.9. The van der Waals surface area contributed by atoms with Crippen LogP contribution in [-0.2, 0) is 16.1 Å². The number of likely N-dealkylation sites (tertiary alicyclic amines) is 1. The highest BCUT2D eigenvalue weighted by Crippen LogP contribution is 2.33. The van der Waals surface area contributed by atoms with Crippen molar-refractivity contribution >= 4 is 11.6 Å². The molecule has 0 aliphatic carbocycles. The van der Waals surface area contributed by atoms with Gasteiger partial charge in [-0.1, -0.05) is 6.07 Å². The molecule has 7 nitrogen and oxygen atoms in total. The standard InChI is InChI=1S/C24H28N4O3/c1-30-19-7-5-18(6-8-19)23-20(28-12-3-2-4-21(28)26-23)17-27-13-9-24(10-14-27)16-22(29)25-11-15-31-24/h2-8,12H,9-11,13-17H2,1H3,(H,25,29). The third-order valence-electron chi connectivity index (χ3n) is 6.45. The van der Waals surface area contributed by atoms with Crippen LogP contribution in [0.2, 0.25) is 0 Å². The van der Waals surface area contributed by atoms with E-state index < -0.39 is 0 Å². The molecule has 162 valence electrons. The lowest BCUT2D eigenvalue weighted by Crippen LogP contribution is -2.47. The lowest BCUT2D eigenvalue weighted by atomic mass is 9.87. The van der Waals surface area contributed by atoms with E-state index in [-0.39, 0.29) is 11.5 Å². The van der Waals surface area contributed by atoms with Crippen LogP contribution in [0.4, 0.5) is 0 Å².